The van der Waals surface area contributed by atoms with Crippen LogP contribution in [0.1, 0.15) is 18.4 Å². The number of pyridine rings is 1. The zero-order chi connectivity index (χ0) is 21.1. The van der Waals surface area contributed by atoms with Crippen LogP contribution in [-0.2, 0) is 11.2 Å². The third-order valence-corrected chi connectivity index (χ3v) is 6.41. The molecule has 1 saturated carbocycles. The number of cyclic esters (lactones) is 1. The number of alkyl carbamates (subject to hydrolysis) is 1. The van der Waals surface area contributed by atoms with Gasteiger partial charge >= 0.3 is 18.5 Å². The van der Waals surface area contributed by atoms with Gasteiger partial charge in [-0.2, -0.15) is 0 Å². The highest BCUT2D eigenvalue weighted by molar-refractivity contribution is 5.78. The van der Waals surface area contributed by atoms with E-state index in [0.717, 1.165) is 37.9 Å². The summed E-state index contributed by atoms with van der Waals surface area (Å²) < 4.78 is 45.3. The average molecular weight is 426 g/mol. The first-order chi connectivity index (χ1) is 14.1. The SMILES string of the molecule is O=C1NC2(CO1)CN(C(=O)N1CC3(CC(Cc4ccc(OC(F)(F)F)nc4)C3)C1)C2. The lowest BCUT2D eigenvalue weighted by Crippen LogP contribution is -2.74. The van der Waals surface area contributed by atoms with Crippen molar-refractivity contribution in [3.8, 4) is 5.88 Å². The highest BCUT2D eigenvalue weighted by Gasteiger charge is 2.57. The number of carbonyl (C=O) groups is 2. The van der Waals surface area contributed by atoms with E-state index in [9.17, 15) is 22.8 Å². The molecule has 3 aliphatic heterocycles. The molecule has 0 radical (unpaired) electrons. The van der Waals surface area contributed by atoms with E-state index in [-0.39, 0.29) is 11.4 Å². The predicted octanol–water partition coefficient (Wildman–Crippen LogP) is 2.15. The fraction of sp³-hybridized carbons (Fsp3) is 0.632. The fourth-order valence-corrected chi connectivity index (χ4v) is 5.19. The van der Waals surface area contributed by atoms with Crippen molar-refractivity contribution in [2.45, 2.75) is 31.2 Å². The van der Waals surface area contributed by atoms with E-state index in [1.54, 1.807) is 11.0 Å². The van der Waals surface area contributed by atoms with E-state index in [4.69, 9.17) is 4.74 Å². The number of rotatable bonds is 3. The Balaban J connectivity index is 1.04. The third kappa shape index (κ3) is 3.50. The van der Waals surface area contributed by atoms with Crippen LogP contribution in [0.3, 0.4) is 0 Å². The second-order valence-electron chi connectivity index (χ2n) is 9.01. The van der Waals surface area contributed by atoms with Crippen LogP contribution < -0.4 is 10.1 Å². The predicted molar refractivity (Wildman–Crippen MR) is 95.5 cm³/mol. The number of hydrogen-bond acceptors (Lipinski definition) is 5. The Hall–Kier alpha value is -2.72. The van der Waals surface area contributed by atoms with Gasteiger partial charge in [0.05, 0.1) is 13.1 Å². The summed E-state index contributed by atoms with van der Waals surface area (Å²) in [5.74, 6) is -0.0162. The lowest BCUT2D eigenvalue weighted by Gasteiger charge is -2.61. The van der Waals surface area contributed by atoms with Gasteiger partial charge in [0.25, 0.3) is 0 Å². The number of halogens is 3. The second-order valence-corrected chi connectivity index (χ2v) is 9.01. The largest absolute Gasteiger partial charge is 0.574 e. The molecule has 5 rings (SSSR count). The first kappa shape index (κ1) is 19.3. The van der Waals surface area contributed by atoms with Crippen molar-refractivity contribution < 1.29 is 32.2 Å². The Labute approximate surface area is 170 Å². The Morgan fingerprint density at radius 3 is 2.50 bits per heavy atom. The van der Waals surface area contributed by atoms with Gasteiger partial charge in [-0.1, -0.05) is 6.07 Å². The van der Waals surface area contributed by atoms with Crippen LogP contribution in [0.5, 0.6) is 5.88 Å². The van der Waals surface area contributed by atoms with E-state index in [1.165, 1.54) is 12.3 Å². The zero-order valence-corrected chi connectivity index (χ0v) is 16.1. The molecule has 8 nitrogen and oxygen atoms in total. The van der Waals surface area contributed by atoms with Gasteiger partial charge in [0.15, 0.2) is 0 Å². The fourth-order valence-electron chi connectivity index (χ4n) is 5.19. The lowest BCUT2D eigenvalue weighted by molar-refractivity contribution is -0.276. The van der Waals surface area contributed by atoms with Gasteiger partial charge < -0.3 is 24.6 Å². The third-order valence-electron chi connectivity index (χ3n) is 6.41. The molecule has 1 aliphatic carbocycles. The van der Waals surface area contributed by atoms with Gasteiger partial charge in [0, 0.05) is 30.8 Å². The Bertz CT molecular complexity index is 856. The minimum atomic E-state index is -4.74. The van der Waals surface area contributed by atoms with E-state index in [2.05, 4.69) is 15.0 Å². The van der Waals surface area contributed by atoms with Gasteiger partial charge in [-0.3, -0.25) is 0 Å². The van der Waals surface area contributed by atoms with E-state index < -0.39 is 23.9 Å². The number of urea groups is 1. The number of nitrogens with zero attached hydrogens (tertiary/aromatic N) is 3. The maximum Gasteiger partial charge on any atom is 0.574 e. The minimum Gasteiger partial charge on any atom is -0.447 e. The number of amides is 3. The summed E-state index contributed by atoms with van der Waals surface area (Å²) in [4.78, 5) is 31.0. The number of ether oxygens (including phenoxy) is 2. The zero-order valence-electron chi connectivity index (χ0n) is 16.1. The lowest BCUT2D eigenvalue weighted by atomic mass is 9.56. The van der Waals surface area contributed by atoms with Gasteiger partial charge in [-0.25, -0.2) is 14.6 Å². The topological polar surface area (TPSA) is 84.0 Å². The van der Waals surface area contributed by atoms with Crippen LogP contribution in [0.4, 0.5) is 22.8 Å². The molecule has 1 aromatic heterocycles. The van der Waals surface area contributed by atoms with Gasteiger partial charge in [0.2, 0.25) is 5.88 Å². The van der Waals surface area contributed by atoms with Crippen LogP contribution in [-0.4, -0.2) is 71.6 Å². The van der Waals surface area contributed by atoms with Crippen molar-refractivity contribution in [3.63, 3.8) is 0 Å². The average Bonchev–Trinajstić information content (AvgIpc) is 2.96. The van der Waals surface area contributed by atoms with Crippen molar-refractivity contribution >= 4 is 12.1 Å². The van der Waals surface area contributed by atoms with Gasteiger partial charge in [-0.15, -0.1) is 13.2 Å². The van der Waals surface area contributed by atoms with Crippen molar-refractivity contribution in [1.29, 1.82) is 0 Å². The van der Waals surface area contributed by atoms with Crippen LogP contribution in [0.15, 0.2) is 18.3 Å². The molecule has 2 spiro atoms. The highest BCUT2D eigenvalue weighted by Crippen LogP contribution is 2.53. The monoisotopic (exact) mass is 426 g/mol. The summed E-state index contributed by atoms with van der Waals surface area (Å²) in [7, 11) is 0. The molecule has 4 fully saturated rings. The minimum absolute atomic E-state index is 0.000280. The molecule has 1 N–H and O–H groups in total. The van der Waals surface area contributed by atoms with Crippen LogP contribution in [0, 0.1) is 11.3 Å². The molecule has 4 heterocycles. The summed E-state index contributed by atoms with van der Waals surface area (Å²) in [5.41, 5.74) is 0.634. The smallest absolute Gasteiger partial charge is 0.447 e. The van der Waals surface area contributed by atoms with Gasteiger partial charge in [0.1, 0.15) is 12.1 Å². The van der Waals surface area contributed by atoms with Crippen molar-refractivity contribution in [2.75, 3.05) is 32.8 Å². The highest BCUT2D eigenvalue weighted by atomic mass is 19.4. The molecular weight excluding hydrogens is 405 g/mol. The number of aromatic nitrogens is 1. The summed E-state index contributed by atoms with van der Waals surface area (Å²) >= 11 is 0. The molecule has 0 bridgehead atoms. The summed E-state index contributed by atoms with van der Waals surface area (Å²) in [5, 5.41) is 2.77. The number of hydrogen-bond donors (Lipinski definition) is 1. The Kier molecular flexibility index (Phi) is 4.10. The molecular formula is C19H21F3N4O4. The maximum absolute atomic E-state index is 12.6. The first-order valence-corrected chi connectivity index (χ1v) is 9.82. The molecule has 0 aromatic carbocycles. The van der Waals surface area contributed by atoms with Gasteiger partial charge in [-0.05, 0) is 30.7 Å². The second kappa shape index (κ2) is 6.39. The number of nitrogens with one attached hydrogen (secondary N) is 1. The molecule has 0 unspecified atom stereocenters. The molecule has 1 aromatic rings. The van der Waals surface area contributed by atoms with Crippen molar-refractivity contribution in [3.05, 3.63) is 23.9 Å². The van der Waals surface area contributed by atoms with Crippen LogP contribution in [0.25, 0.3) is 0 Å². The molecule has 3 amide bonds. The number of carbonyl (C=O) groups excluding carboxylic acids is 2. The Morgan fingerprint density at radius 1 is 1.23 bits per heavy atom. The molecule has 4 aliphatic rings. The normalized spacial score (nSPS) is 24.0. The quantitative estimate of drug-likeness (QED) is 0.801. The molecule has 0 atom stereocenters. The Morgan fingerprint density at radius 2 is 1.93 bits per heavy atom. The van der Waals surface area contributed by atoms with E-state index >= 15 is 0 Å². The molecule has 11 heteroatoms. The molecule has 3 saturated heterocycles. The molecule has 162 valence electrons. The summed E-state index contributed by atoms with van der Waals surface area (Å²) in [6.07, 6.45) is -1.01. The summed E-state index contributed by atoms with van der Waals surface area (Å²) in [6.45, 7) is 2.71. The first-order valence-electron chi connectivity index (χ1n) is 9.82. The van der Waals surface area contributed by atoms with Crippen molar-refractivity contribution in [1.82, 2.24) is 20.1 Å². The standard InChI is InChI=1S/C19H21F3N4O4/c20-19(21,22)30-14-2-1-12(6-23-14)3-13-4-17(5-13)7-25(8-17)16(28)26-9-18(10-26)11-29-15(27)24-18/h1-2,6,13H,3-5,7-11H2,(H,24,27). The maximum atomic E-state index is 12.6. The van der Waals surface area contributed by atoms with E-state index in [1.807, 2.05) is 4.90 Å². The van der Waals surface area contributed by atoms with Crippen LogP contribution >= 0.6 is 0 Å². The van der Waals surface area contributed by atoms with Crippen LogP contribution in [0.2, 0.25) is 0 Å². The van der Waals surface area contributed by atoms with E-state index in [0.29, 0.717) is 25.6 Å². The number of likely N-dealkylation sites (tertiary alicyclic amines) is 2. The molecule has 30 heavy (non-hydrogen) atoms. The van der Waals surface area contributed by atoms with Crippen molar-refractivity contribution in [2.24, 2.45) is 11.3 Å². The number of alkyl halides is 3. The summed E-state index contributed by atoms with van der Waals surface area (Å²) in [6, 6.07) is 2.85.